The van der Waals surface area contributed by atoms with Gasteiger partial charge in [-0.2, -0.15) is 0 Å². The largest absolute Gasteiger partial charge is 0.496 e. The number of carbonyl (C=O) groups excluding carboxylic acids is 1. The molecule has 2 aromatic rings. The summed E-state index contributed by atoms with van der Waals surface area (Å²) in [7, 11) is 1.62. The van der Waals surface area contributed by atoms with Crippen LogP contribution in [0.5, 0.6) is 11.5 Å². The molecule has 0 aliphatic rings. The van der Waals surface area contributed by atoms with E-state index >= 15 is 0 Å². The van der Waals surface area contributed by atoms with Crippen molar-refractivity contribution in [2.75, 3.05) is 7.11 Å². The Morgan fingerprint density at radius 1 is 1.04 bits per heavy atom. The van der Waals surface area contributed by atoms with Crippen LogP contribution in [0.2, 0.25) is 0 Å². The molecule has 0 unspecified atom stereocenters. The van der Waals surface area contributed by atoms with E-state index in [4.69, 9.17) is 9.47 Å². The molecule has 2 aromatic carbocycles. The normalized spacial score (nSPS) is 13.0. The maximum atomic E-state index is 12.4. The van der Waals surface area contributed by atoms with E-state index in [0.29, 0.717) is 0 Å². The van der Waals surface area contributed by atoms with Crippen LogP contribution in [0.4, 0.5) is 0 Å². The van der Waals surface area contributed by atoms with E-state index in [1.807, 2.05) is 63.2 Å². The summed E-state index contributed by atoms with van der Waals surface area (Å²) in [6.07, 6.45) is -0.580. The maximum absolute atomic E-state index is 12.4. The topological polar surface area (TPSA) is 47.6 Å². The SMILES string of the molecule is COc1ccccc1[C@H](C)NC(=O)[C@H](C)Oc1ccc(C)cc1C. The van der Waals surface area contributed by atoms with E-state index < -0.39 is 6.10 Å². The molecule has 0 bridgehead atoms. The third-order valence-corrected chi connectivity index (χ3v) is 3.97. The Kier molecular flexibility index (Phi) is 5.85. The summed E-state index contributed by atoms with van der Waals surface area (Å²) in [6, 6.07) is 13.4. The molecule has 1 amide bonds. The molecule has 0 fully saturated rings. The minimum atomic E-state index is -0.580. The Balaban J connectivity index is 2.03. The lowest BCUT2D eigenvalue weighted by Crippen LogP contribution is -2.38. The smallest absolute Gasteiger partial charge is 0.261 e. The van der Waals surface area contributed by atoms with Gasteiger partial charge in [-0.25, -0.2) is 0 Å². The second-order valence-corrected chi connectivity index (χ2v) is 6.00. The molecule has 0 saturated heterocycles. The number of hydrogen-bond donors (Lipinski definition) is 1. The highest BCUT2D eigenvalue weighted by Crippen LogP contribution is 2.25. The van der Waals surface area contributed by atoms with E-state index in [-0.39, 0.29) is 11.9 Å². The Hall–Kier alpha value is -2.49. The summed E-state index contributed by atoms with van der Waals surface area (Å²) < 4.78 is 11.2. The fourth-order valence-electron chi connectivity index (χ4n) is 2.61. The third-order valence-electron chi connectivity index (χ3n) is 3.97. The first-order valence-corrected chi connectivity index (χ1v) is 8.09. The van der Waals surface area contributed by atoms with Crippen molar-refractivity contribution in [3.05, 3.63) is 59.2 Å². The maximum Gasteiger partial charge on any atom is 0.261 e. The number of benzene rings is 2. The van der Waals surface area contributed by atoms with Crippen LogP contribution in [0.1, 0.15) is 36.6 Å². The van der Waals surface area contributed by atoms with Gasteiger partial charge in [-0.3, -0.25) is 4.79 Å². The van der Waals surface area contributed by atoms with Gasteiger partial charge in [-0.05, 0) is 45.4 Å². The lowest BCUT2D eigenvalue weighted by Gasteiger charge is -2.21. The number of carbonyl (C=O) groups is 1. The van der Waals surface area contributed by atoms with E-state index in [1.54, 1.807) is 14.0 Å². The molecular weight excluding hydrogens is 302 g/mol. The van der Waals surface area contributed by atoms with Gasteiger partial charge in [-0.15, -0.1) is 0 Å². The zero-order valence-electron chi connectivity index (χ0n) is 14.9. The number of nitrogens with one attached hydrogen (secondary N) is 1. The van der Waals surface area contributed by atoms with Crippen molar-refractivity contribution in [2.45, 2.75) is 39.8 Å². The monoisotopic (exact) mass is 327 g/mol. The van der Waals surface area contributed by atoms with Crippen LogP contribution in [0.3, 0.4) is 0 Å². The molecule has 24 heavy (non-hydrogen) atoms. The van der Waals surface area contributed by atoms with Crippen LogP contribution >= 0.6 is 0 Å². The second kappa shape index (κ2) is 7.86. The van der Waals surface area contributed by atoms with Gasteiger partial charge in [0.05, 0.1) is 13.2 Å². The van der Waals surface area contributed by atoms with Gasteiger partial charge in [0.2, 0.25) is 0 Å². The summed E-state index contributed by atoms with van der Waals surface area (Å²) >= 11 is 0. The number of aryl methyl sites for hydroxylation is 2. The number of methoxy groups -OCH3 is 1. The minimum absolute atomic E-state index is 0.159. The first-order chi connectivity index (χ1) is 11.4. The lowest BCUT2D eigenvalue weighted by atomic mass is 10.1. The zero-order chi connectivity index (χ0) is 17.7. The Bertz CT molecular complexity index is 712. The van der Waals surface area contributed by atoms with Crippen LogP contribution in [-0.4, -0.2) is 19.1 Å². The molecule has 0 aromatic heterocycles. The van der Waals surface area contributed by atoms with Crippen LogP contribution in [0.25, 0.3) is 0 Å². The number of para-hydroxylation sites is 1. The van der Waals surface area contributed by atoms with E-state index in [0.717, 1.165) is 22.6 Å². The fraction of sp³-hybridized carbons (Fsp3) is 0.350. The summed E-state index contributed by atoms with van der Waals surface area (Å²) in [5, 5.41) is 2.98. The van der Waals surface area contributed by atoms with Gasteiger partial charge >= 0.3 is 0 Å². The predicted molar refractivity (Wildman–Crippen MR) is 95.6 cm³/mol. The number of hydrogen-bond acceptors (Lipinski definition) is 3. The average Bonchev–Trinajstić information content (AvgIpc) is 2.57. The summed E-state index contributed by atoms with van der Waals surface area (Å²) in [4.78, 5) is 12.4. The third kappa shape index (κ3) is 4.28. The van der Waals surface area contributed by atoms with Gasteiger partial charge in [0.15, 0.2) is 6.10 Å². The summed E-state index contributed by atoms with van der Waals surface area (Å²) in [5.41, 5.74) is 3.13. The van der Waals surface area contributed by atoms with Gasteiger partial charge < -0.3 is 14.8 Å². The first-order valence-electron chi connectivity index (χ1n) is 8.09. The molecule has 0 aliphatic heterocycles. The zero-order valence-corrected chi connectivity index (χ0v) is 14.9. The fourth-order valence-corrected chi connectivity index (χ4v) is 2.61. The van der Waals surface area contributed by atoms with E-state index in [9.17, 15) is 4.79 Å². The number of rotatable bonds is 6. The van der Waals surface area contributed by atoms with E-state index in [2.05, 4.69) is 5.32 Å². The standard InChI is InChI=1S/C20H25NO3/c1-13-10-11-18(14(2)12-13)24-16(4)20(22)21-15(3)17-8-6-7-9-19(17)23-5/h6-12,15-16H,1-5H3,(H,21,22)/t15-,16-/m0/s1. The summed E-state index contributed by atoms with van der Waals surface area (Å²) in [5.74, 6) is 1.33. The highest BCUT2D eigenvalue weighted by molar-refractivity contribution is 5.81. The van der Waals surface area contributed by atoms with Crippen molar-refractivity contribution in [3.63, 3.8) is 0 Å². The van der Waals surface area contributed by atoms with Crippen LogP contribution < -0.4 is 14.8 Å². The first kappa shape index (κ1) is 17.9. The minimum Gasteiger partial charge on any atom is -0.496 e. The van der Waals surface area contributed by atoms with Crippen LogP contribution in [0.15, 0.2) is 42.5 Å². The molecule has 0 heterocycles. The lowest BCUT2D eigenvalue weighted by molar-refractivity contribution is -0.127. The molecule has 4 heteroatoms. The molecule has 2 atom stereocenters. The molecule has 128 valence electrons. The van der Waals surface area contributed by atoms with Crippen molar-refractivity contribution in [1.82, 2.24) is 5.32 Å². The van der Waals surface area contributed by atoms with Crippen molar-refractivity contribution in [2.24, 2.45) is 0 Å². The summed E-state index contributed by atoms with van der Waals surface area (Å²) in [6.45, 7) is 7.69. The van der Waals surface area contributed by atoms with Gasteiger partial charge in [0, 0.05) is 5.56 Å². The molecule has 1 N–H and O–H groups in total. The van der Waals surface area contributed by atoms with Crippen molar-refractivity contribution < 1.29 is 14.3 Å². The highest BCUT2D eigenvalue weighted by Gasteiger charge is 2.20. The van der Waals surface area contributed by atoms with E-state index in [1.165, 1.54) is 5.56 Å². The van der Waals surface area contributed by atoms with Crippen molar-refractivity contribution >= 4 is 5.91 Å². The molecule has 0 aliphatic carbocycles. The second-order valence-electron chi connectivity index (χ2n) is 6.00. The Morgan fingerprint density at radius 3 is 2.42 bits per heavy atom. The van der Waals surface area contributed by atoms with Crippen molar-refractivity contribution in [1.29, 1.82) is 0 Å². The Labute approximate surface area is 143 Å². The van der Waals surface area contributed by atoms with Gasteiger partial charge in [-0.1, -0.05) is 35.9 Å². The number of amides is 1. The average molecular weight is 327 g/mol. The number of ether oxygens (including phenoxy) is 2. The Morgan fingerprint density at radius 2 is 1.75 bits per heavy atom. The van der Waals surface area contributed by atoms with Crippen molar-refractivity contribution in [3.8, 4) is 11.5 Å². The van der Waals surface area contributed by atoms with Gasteiger partial charge in [0.25, 0.3) is 5.91 Å². The molecule has 4 nitrogen and oxygen atoms in total. The molecule has 2 rings (SSSR count). The highest BCUT2D eigenvalue weighted by atomic mass is 16.5. The molecular formula is C20H25NO3. The predicted octanol–water partition coefficient (Wildman–Crippen LogP) is 3.96. The quantitative estimate of drug-likeness (QED) is 0.874. The molecule has 0 radical (unpaired) electrons. The molecule has 0 saturated carbocycles. The molecule has 0 spiro atoms. The van der Waals surface area contributed by atoms with Crippen LogP contribution in [-0.2, 0) is 4.79 Å². The van der Waals surface area contributed by atoms with Gasteiger partial charge in [0.1, 0.15) is 11.5 Å². The van der Waals surface area contributed by atoms with Crippen LogP contribution in [0, 0.1) is 13.8 Å².